The van der Waals surface area contributed by atoms with E-state index in [1.54, 1.807) is 24.4 Å². The number of hydrogen-bond donors (Lipinski definition) is 1. The Bertz CT molecular complexity index is 1380. The first-order chi connectivity index (χ1) is 16.4. The zero-order valence-electron chi connectivity index (χ0n) is 19.3. The average molecular weight is 460 g/mol. The van der Waals surface area contributed by atoms with Crippen LogP contribution in [0.3, 0.4) is 0 Å². The number of hydrogen-bond acceptors (Lipinski definition) is 6. The molecule has 0 saturated heterocycles. The number of nitrogens with zero attached hydrogens (tertiary/aromatic N) is 5. The van der Waals surface area contributed by atoms with Crippen molar-refractivity contribution in [1.82, 2.24) is 19.9 Å². The molecule has 0 radical (unpaired) electrons. The van der Waals surface area contributed by atoms with E-state index in [1.165, 1.54) is 0 Å². The van der Waals surface area contributed by atoms with Crippen molar-refractivity contribution in [2.24, 2.45) is 0 Å². The molecule has 0 amide bonds. The average Bonchev–Trinajstić information content (AvgIpc) is 3.45. The lowest BCUT2D eigenvalue weighted by Gasteiger charge is -2.11. The van der Waals surface area contributed by atoms with E-state index in [1.807, 2.05) is 37.6 Å². The van der Waals surface area contributed by atoms with Gasteiger partial charge in [0.25, 0.3) is 5.89 Å². The summed E-state index contributed by atoms with van der Waals surface area (Å²) in [6.45, 7) is 13.9. The van der Waals surface area contributed by atoms with Gasteiger partial charge in [0.05, 0.1) is 24.4 Å². The summed E-state index contributed by atoms with van der Waals surface area (Å²) < 4.78 is 13.1. The molecule has 1 N–H and O–H groups in total. The van der Waals surface area contributed by atoms with Crippen LogP contribution in [0.2, 0.25) is 0 Å². The monoisotopic (exact) mass is 459 g/mol. The first-order valence-electron chi connectivity index (χ1n) is 11.1. The van der Waals surface area contributed by atoms with Crippen molar-refractivity contribution < 1.29 is 19.2 Å². The van der Waals surface area contributed by atoms with Gasteiger partial charge in [-0.15, -0.1) is 0 Å². The van der Waals surface area contributed by atoms with Crippen LogP contribution in [0.15, 0.2) is 41.1 Å². The lowest BCUT2D eigenvalue weighted by molar-refractivity contribution is -0.137. The normalized spacial score (nSPS) is 11.1. The van der Waals surface area contributed by atoms with Crippen molar-refractivity contribution >= 4 is 22.6 Å². The van der Waals surface area contributed by atoms with E-state index in [0.717, 1.165) is 28.5 Å². The highest BCUT2D eigenvalue weighted by atomic mass is 16.5. The maximum atomic E-state index is 10.8. The van der Waals surface area contributed by atoms with Crippen molar-refractivity contribution in [3.8, 4) is 28.6 Å². The van der Waals surface area contributed by atoms with E-state index < -0.39 is 5.97 Å². The van der Waals surface area contributed by atoms with Crippen LogP contribution >= 0.6 is 0 Å². The van der Waals surface area contributed by atoms with Crippen molar-refractivity contribution in [2.45, 2.75) is 52.7 Å². The quantitative estimate of drug-likeness (QED) is 0.328. The minimum absolute atomic E-state index is 0.0368. The van der Waals surface area contributed by atoms with Gasteiger partial charge < -0.3 is 14.4 Å². The number of rotatable bonds is 9. The number of carboxylic acid groups (broad SMARTS) is 1. The van der Waals surface area contributed by atoms with Gasteiger partial charge in [0.15, 0.2) is 0 Å². The summed E-state index contributed by atoms with van der Waals surface area (Å²) >= 11 is 0. The minimum atomic E-state index is -0.813. The van der Waals surface area contributed by atoms with Crippen LogP contribution in [0.5, 0.6) is 5.75 Å². The maximum absolute atomic E-state index is 10.8. The number of fused-ring (bicyclic) bond motifs is 1. The molecule has 4 rings (SSSR count). The molecule has 34 heavy (non-hydrogen) atoms. The number of carbonyl (C=O) groups is 1. The molecule has 0 spiro atoms. The molecule has 0 aliphatic carbocycles. The fourth-order valence-electron chi connectivity index (χ4n) is 3.77. The Balaban J connectivity index is 1.65. The van der Waals surface area contributed by atoms with Gasteiger partial charge in [0.1, 0.15) is 5.75 Å². The largest absolute Gasteiger partial charge is 0.502 e. The second-order valence-electron chi connectivity index (χ2n) is 8.17. The summed E-state index contributed by atoms with van der Waals surface area (Å²) in [6, 6.07) is 9.26. The lowest BCUT2D eigenvalue weighted by atomic mass is 10.0. The number of benzene rings is 2. The third-order valence-corrected chi connectivity index (χ3v) is 5.36. The van der Waals surface area contributed by atoms with Crippen LogP contribution < -0.4 is 4.74 Å². The molecule has 0 atom stereocenters. The van der Waals surface area contributed by atoms with Crippen LogP contribution in [0.1, 0.15) is 39.2 Å². The molecule has 0 aliphatic heterocycles. The summed E-state index contributed by atoms with van der Waals surface area (Å²) in [7, 11) is 0. The van der Waals surface area contributed by atoms with Crippen LogP contribution in [-0.4, -0.2) is 37.1 Å². The Morgan fingerprint density at radius 3 is 2.82 bits per heavy atom. The number of aliphatic carboxylic acids is 1. The Morgan fingerprint density at radius 2 is 2.12 bits per heavy atom. The summed E-state index contributed by atoms with van der Waals surface area (Å²) in [6.07, 6.45) is 3.08. The highest BCUT2D eigenvalue weighted by Gasteiger charge is 2.17. The Morgan fingerprint density at radius 1 is 1.29 bits per heavy atom. The first-order valence-corrected chi connectivity index (χ1v) is 11.1. The number of carboxylic acids is 1. The maximum Gasteiger partial charge on any atom is 0.303 e. The van der Waals surface area contributed by atoms with E-state index in [4.69, 9.17) is 20.9 Å². The van der Waals surface area contributed by atoms with Crippen LogP contribution in [-0.2, 0) is 17.8 Å². The molecule has 9 heteroatoms. The summed E-state index contributed by atoms with van der Waals surface area (Å²) in [5.41, 5.74) is 3.85. The Kier molecular flexibility index (Phi) is 6.59. The number of ether oxygens (including phenoxy) is 1. The molecule has 0 unspecified atom stereocenters. The molecule has 0 aliphatic rings. The SMILES string of the molecule is [C-]#[N+]c1cc(-c2nc(-c3cc4cnn(CCCC(=O)O)c4cc3CC)no2)ccc1OC(C)C. The smallest absolute Gasteiger partial charge is 0.303 e. The molecular formula is C25H25N5O4. The number of aryl methyl sites for hydroxylation is 2. The highest BCUT2D eigenvalue weighted by Crippen LogP contribution is 2.34. The summed E-state index contributed by atoms with van der Waals surface area (Å²) in [4.78, 5) is 19.0. The summed E-state index contributed by atoms with van der Waals surface area (Å²) in [5, 5.41) is 18.4. The van der Waals surface area contributed by atoms with Gasteiger partial charge in [0.2, 0.25) is 11.5 Å². The Hall–Kier alpha value is -4.19. The van der Waals surface area contributed by atoms with Crippen LogP contribution in [0, 0.1) is 6.57 Å². The third-order valence-electron chi connectivity index (χ3n) is 5.36. The molecule has 0 saturated carbocycles. The zero-order chi connectivity index (χ0) is 24.2. The molecular weight excluding hydrogens is 434 g/mol. The van der Waals surface area contributed by atoms with Gasteiger partial charge >= 0.3 is 5.97 Å². The summed E-state index contributed by atoms with van der Waals surface area (Å²) in [5.74, 6) is 0.487. The van der Waals surface area contributed by atoms with Crippen molar-refractivity contribution in [2.75, 3.05) is 0 Å². The van der Waals surface area contributed by atoms with E-state index in [9.17, 15) is 4.79 Å². The van der Waals surface area contributed by atoms with Crippen LogP contribution in [0.25, 0.3) is 38.6 Å². The van der Waals surface area contributed by atoms with Gasteiger partial charge in [-0.2, -0.15) is 10.1 Å². The van der Waals surface area contributed by atoms with Gasteiger partial charge in [-0.3, -0.25) is 9.48 Å². The third kappa shape index (κ3) is 4.76. The van der Waals surface area contributed by atoms with Gasteiger partial charge in [-0.25, -0.2) is 4.85 Å². The molecule has 4 aromatic rings. The first kappa shape index (κ1) is 23.0. The highest BCUT2D eigenvalue weighted by molar-refractivity contribution is 5.85. The molecule has 0 fully saturated rings. The molecule has 174 valence electrons. The van der Waals surface area contributed by atoms with E-state index in [0.29, 0.717) is 41.7 Å². The molecule has 0 bridgehead atoms. The van der Waals surface area contributed by atoms with E-state index in [2.05, 4.69) is 20.1 Å². The van der Waals surface area contributed by atoms with Gasteiger partial charge in [0, 0.05) is 29.5 Å². The predicted octanol–water partition coefficient (Wildman–Crippen LogP) is 5.52. The van der Waals surface area contributed by atoms with Crippen molar-refractivity contribution in [1.29, 1.82) is 0 Å². The molecule has 9 nitrogen and oxygen atoms in total. The number of aromatic nitrogens is 4. The molecule has 2 aromatic heterocycles. The van der Waals surface area contributed by atoms with Crippen molar-refractivity contribution in [3.63, 3.8) is 0 Å². The van der Waals surface area contributed by atoms with Crippen LogP contribution in [0.4, 0.5) is 5.69 Å². The zero-order valence-corrected chi connectivity index (χ0v) is 19.3. The predicted molar refractivity (Wildman–Crippen MR) is 127 cm³/mol. The second kappa shape index (κ2) is 9.75. The van der Waals surface area contributed by atoms with E-state index in [-0.39, 0.29) is 12.5 Å². The van der Waals surface area contributed by atoms with E-state index >= 15 is 0 Å². The fourth-order valence-corrected chi connectivity index (χ4v) is 3.77. The van der Waals surface area contributed by atoms with Crippen molar-refractivity contribution in [3.05, 3.63) is 53.5 Å². The molecule has 2 aromatic carbocycles. The minimum Gasteiger partial charge on any atom is -0.502 e. The standard InChI is InChI=1S/C25H25N5O4/c1-5-16-13-21-18(14-27-30(21)10-6-7-23(31)32)11-19(16)24-28-25(34-29-24)17-8-9-22(33-15(2)3)20(12-17)26-4/h8-9,11-15H,5-7,10H2,1-3H3,(H,31,32). The topological polar surface area (TPSA) is 108 Å². The fraction of sp³-hybridized carbons (Fsp3) is 0.320. The lowest BCUT2D eigenvalue weighted by Crippen LogP contribution is -2.05. The second-order valence-corrected chi connectivity index (χ2v) is 8.17. The Labute approximate surface area is 196 Å². The molecule has 2 heterocycles. The van der Waals surface area contributed by atoms with Gasteiger partial charge in [-0.05, 0) is 62.6 Å². The van der Waals surface area contributed by atoms with Gasteiger partial charge in [-0.1, -0.05) is 12.1 Å².